The molecule has 0 spiro atoms. The summed E-state index contributed by atoms with van der Waals surface area (Å²) in [5, 5.41) is 0.582. The molecule has 38 heavy (non-hydrogen) atoms. The van der Waals surface area contributed by atoms with Crippen molar-refractivity contribution in [1.29, 1.82) is 0 Å². The second kappa shape index (κ2) is 8.73. The van der Waals surface area contributed by atoms with Crippen LogP contribution in [0, 0.1) is 5.41 Å². The molecule has 1 aromatic heterocycles. The van der Waals surface area contributed by atoms with Crippen molar-refractivity contribution in [2.24, 2.45) is 5.41 Å². The Morgan fingerprint density at radius 2 is 1.76 bits per heavy atom. The van der Waals surface area contributed by atoms with Crippen LogP contribution in [0.1, 0.15) is 42.3 Å². The zero-order valence-electron chi connectivity index (χ0n) is 21.5. The van der Waals surface area contributed by atoms with Gasteiger partial charge < -0.3 is 14.7 Å². The number of fused-ring (bicyclic) bond motifs is 3. The van der Waals surface area contributed by atoms with Gasteiger partial charge in [0.1, 0.15) is 5.70 Å². The number of anilines is 1. The summed E-state index contributed by atoms with van der Waals surface area (Å²) in [5.74, 6) is -0.296. The van der Waals surface area contributed by atoms with Gasteiger partial charge >= 0.3 is 0 Å². The number of allylic oxidation sites excluding steroid dienone is 2. The van der Waals surface area contributed by atoms with Crippen molar-refractivity contribution in [2.45, 2.75) is 26.4 Å². The topological polar surface area (TPSA) is 56.8 Å². The minimum Gasteiger partial charge on any atom is -0.306 e. The minimum absolute atomic E-state index is 0.111. The minimum atomic E-state index is -1.13. The highest BCUT2D eigenvalue weighted by Crippen LogP contribution is 2.50. The van der Waals surface area contributed by atoms with Crippen LogP contribution >= 0.6 is 11.6 Å². The molecule has 1 unspecified atom stereocenters. The number of para-hydroxylation sites is 1. The number of carbonyl (C=O) groups excluding carboxylic acids is 2. The Morgan fingerprint density at radius 1 is 1.03 bits per heavy atom. The zero-order chi connectivity index (χ0) is 26.7. The molecule has 3 aliphatic heterocycles. The Labute approximate surface area is 227 Å². The number of amides is 2. The SMILES string of the molecule is CC(C)(C)C1=C=CN(c2ccccc2)C(C(=O)N2CCN3C(=O)c4ccncc4C23c2ccc(Cl)cc2)=C1. The van der Waals surface area contributed by atoms with Gasteiger partial charge in [-0.2, -0.15) is 0 Å². The van der Waals surface area contributed by atoms with Gasteiger partial charge in [-0.1, -0.05) is 68.4 Å². The number of aromatic nitrogens is 1. The molecular formula is C31H27ClN4O2. The fourth-order valence-electron chi connectivity index (χ4n) is 5.60. The summed E-state index contributed by atoms with van der Waals surface area (Å²) in [6, 6.07) is 18.9. The maximum Gasteiger partial charge on any atom is 0.273 e. The summed E-state index contributed by atoms with van der Waals surface area (Å²) in [6.45, 7) is 7.08. The van der Waals surface area contributed by atoms with E-state index in [0.717, 1.165) is 16.8 Å². The molecule has 4 heterocycles. The molecule has 1 fully saturated rings. The van der Waals surface area contributed by atoms with Crippen molar-refractivity contribution < 1.29 is 9.59 Å². The number of benzene rings is 2. The second-order valence-electron chi connectivity index (χ2n) is 10.7. The molecule has 0 bridgehead atoms. The van der Waals surface area contributed by atoms with E-state index < -0.39 is 5.66 Å². The molecular weight excluding hydrogens is 496 g/mol. The average Bonchev–Trinajstić information content (AvgIpc) is 3.43. The predicted molar refractivity (Wildman–Crippen MR) is 147 cm³/mol. The van der Waals surface area contributed by atoms with Crippen LogP contribution in [0.4, 0.5) is 5.69 Å². The van der Waals surface area contributed by atoms with Gasteiger partial charge in [-0.15, -0.1) is 0 Å². The molecule has 190 valence electrons. The van der Waals surface area contributed by atoms with E-state index in [-0.39, 0.29) is 17.2 Å². The molecule has 2 aromatic carbocycles. The monoisotopic (exact) mass is 522 g/mol. The first kappa shape index (κ1) is 24.2. The van der Waals surface area contributed by atoms with Crippen LogP contribution in [-0.4, -0.2) is 39.7 Å². The Morgan fingerprint density at radius 3 is 2.47 bits per heavy atom. The first-order valence-electron chi connectivity index (χ1n) is 12.6. The van der Waals surface area contributed by atoms with E-state index in [2.05, 4.69) is 31.5 Å². The molecule has 1 atom stereocenters. The third-order valence-corrected chi connectivity index (χ3v) is 7.70. The number of pyridine rings is 1. The molecule has 7 heteroatoms. The number of hydrogen-bond donors (Lipinski definition) is 0. The molecule has 0 N–H and O–H groups in total. The van der Waals surface area contributed by atoms with Crippen LogP contribution in [0.15, 0.2) is 102 Å². The van der Waals surface area contributed by atoms with Crippen molar-refractivity contribution in [2.75, 3.05) is 18.0 Å². The molecule has 6 nitrogen and oxygen atoms in total. The molecule has 3 aromatic rings. The van der Waals surface area contributed by atoms with Crippen LogP contribution in [0.5, 0.6) is 0 Å². The average molecular weight is 523 g/mol. The predicted octanol–water partition coefficient (Wildman–Crippen LogP) is 5.72. The van der Waals surface area contributed by atoms with Gasteiger partial charge in [0.25, 0.3) is 11.8 Å². The van der Waals surface area contributed by atoms with Crippen LogP contribution in [0.2, 0.25) is 5.02 Å². The normalized spacial score (nSPS) is 20.3. The maximum atomic E-state index is 14.7. The summed E-state index contributed by atoms with van der Waals surface area (Å²) in [4.78, 5) is 38.2. The smallest absolute Gasteiger partial charge is 0.273 e. The Hall–Kier alpha value is -4.12. The number of halogens is 1. The van der Waals surface area contributed by atoms with Crippen LogP contribution in [0.3, 0.4) is 0 Å². The standard InChI is InChI=1S/C31H27ClN4O2/c1-30(2,3)22-14-16-34(24-7-5-4-6-8-24)27(19-22)29(38)36-18-17-35-28(37)25-13-15-33-20-26(25)31(35,36)21-9-11-23(32)12-10-21/h4-13,15-16,19-20H,17-18H2,1-3H3. The van der Waals surface area contributed by atoms with Gasteiger partial charge in [-0.05, 0) is 41.8 Å². The quantitative estimate of drug-likeness (QED) is 0.413. The number of rotatable bonds is 3. The molecule has 0 aliphatic carbocycles. The first-order valence-corrected chi connectivity index (χ1v) is 13.0. The van der Waals surface area contributed by atoms with Gasteiger partial charge in [-0.25, -0.2) is 0 Å². The third kappa shape index (κ3) is 3.52. The van der Waals surface area contributed by atoms with E-state index in [0.29, 0.717) is 34.9 Å². The van der Waals surface area contributed by atoms with Crippen molar-refractivity contribution in [3.05, 3.63) is 124 Å². The van der Waals surface area contributed by atoms with Crippen molar-refractivity contribution >= 4 is 29.1 Å². The summed E-state index contributed by atoms with van der Waals surface area (Å²) in [6.07, 6.45) is 7.08. The number of hydrogen-bond acceptors (Lipinski definition) is 4. The van der Waals surface area contributed by atoms with Crippen LogP contribution in [0.25, 0.3) is 0 Å². The fourth-order valence-corrected chi connectivity index (χ4v) is 5.73. The molecule has 1 saturated heterocycles. The van der Waals surface area contributed by atoms with E-state index >= 15 is 0 Å². The lowest BCUT2D eigenvalue weighted by molar-refractivity contribution is -0.132. The van der Waals surface area contributed by atoms with Crippen LogP contribution in [-0.2, 0) is 10.5 Å². The Bertz CT molecular complexity index is 1550. The van der Waals surface area contributed by atoms with E-state index in [1.54, 1.807) is 35.5 Å². The van der Waals surface area contributed by atoms with Crippen molar-refractivity contribution in [3.63, 3.8) is 0 Å². The maximum absolute atomic E-state index is 14.7. The second-order valence-corrected chi connectivity index (χ2v) is 11.1. The molecule has 0 saturated carbocycles. The summed E-state index contributed by atoms with van der Waals surface area (Å²) >= 11 is 6.25. The van der Waals surface area contributed by atoms with Crippen molar-refractivity contribution in [1.82, 2.24) is 14.8 Å². The Kier molecular flexibility index (Phi) is 5.56. The Balaban J connectivity index is 1.55. The van der Waals surface area contributed by atoms with E-state index in [1.165, 1.54) is 0 Å². The van der Waals surface area contributed by atoms with E-state index in [9.17, 15) is 9.59 Å². The molecule has 3 aliphatic rings. The van der Waals surface area contributed by atoms with E-state index in [1.807, 2.05) is 64.5 Å². The van der Waals surface area contributed by atoms with Crippen LogP contribution < -0.4 is 4.90 Å². The number of nitrogens with zero attached hydrogens (tertiary/aromatic N) is 4. The van der Waals surface area contributed by atoms with Gasteiger partial charge in [-0.3, -0.25) is 14.6 Å². The van der Waals surface area contributed by atoms with Gasteiger partial charge in [0, 0.05) is 52.9 Å². The largest absolute Gasteiger partial charge is 0.306 e. The van der Waals surface area contributed by atoms with Crippen molar-refractivity contribution in [3.8, 4) is 0 Å². The highest BCUT2D eigenvalue weighted by Gasteiger charge is 2.60. The lowest BCUT2D eigenvalue weighted by Gasteiger charge is -2.41. The third-order valence-electron chi connectivity index (χ3n) is 7.44. The highest BCUT2D eigenvalue weighted by atomic mass is 35.5. The summed E-state index contributed by atoms with van der Waals surface area (Å²) < 4.78 is 0. The highest BCUT2D eigenvalue weighted by molar-refractivity contribution is 6.30. The number of carbonyl (C=O) groups is 2. The van der Waals surface area contributed by atoms with Gasteiger partial charge in [0.05, 0.1) is 11.8 Å². The zero-order valence-corrected chi connectivity index (χ0v) is 22.2. The van der Waals surface area contributed by atoms with E-state index in [4.69, 9.17) is 11.6 Å². The molecule has 0 radical (unpaired) electrons. The molecule has 6 rings (SSSR count). The fraction of sp³-hybridized carbons (Fsp3) is 0.226. The lowest BCUT2D eigenvalue weighted by Crippen LogP contribution is -2.53. The lowest BCUT2D eigenvalue weighted by atomic mass is 9.85. The first-order chi connectivity index (χ1) is 18.2. The molecule has 2 amide bonds. The van der Waals surface area contributed by atoms with Gasteiger partial charge in [0.2, 0.25) is 0 Å². The summed E-state index contributed by atoms with van der Waals surface area (Å²) in [7, 11) is 0. The summed E-state index contributed by atoms with van der Waals surface area (Å²) in [5.41, 5.74) is 6.36. The van der Waals surface area contributed by atoms with Gasteiger partial charge in [0.15, 0.2) is 5.66 Å².